The molecule has 0 aliphatic heterocycles. The van der Waals surface area contributed by atoms with Crippen molar-refractivity contribution in [3.8, 4) is 0 Å². The number of hydrogen-bond donors (Lipinski definition) is 2. The van der Waals surface area contributed by atoms with Gasteiger partial charge in [0.05, 0.1) is 6.54 Å². The first kappa shape index (κ1) is 13.5. The van der Waals surface area contributed by atoms with Gasteiger partial charge in [-0.1, -0.05) is 43.4 Å². The predicted octanol–water partition coefficient (Wildman–Crippen LogP) is 2.59. The van der Waals surface area contributed by atoms with Gasteiger partial charge in [0.2, 0.25) is 0 Å². The van der Waals surface area contributed by atoms with Crippen molar-refractivity contribution >= 4 is 23.0 Å². The number of aliphatic imine (C=N–C) groups is 1. The minimum atomic E-state index is 0.382. The van der Waals surface area contributed by atoms with E-state index < -0.39 is 0 Å². The van der Waals surface area contributed by atoms with E-state index in [9.17, 15) is 0 Å². The van der Waals surface area contributed by atoms with Gasteiger partial charge in [0.1, 0.15) is 10.0 Å². The second-order valence-electron chi connectivity index (χ2n) is 4.38. The topological polar surface area (TPSA) is 76.2 Å². The third-order valence-corrected chi connectivity index (χ3v) is 3.62. The maximum absolute atomic E-state index is 5.82. The van der Waals surface area contributed by atoms with Crippen LogP contribution < -0.4 is 11.1 Å². The number of aromatic nitrogens is 2. The number of para-hydroxylation sites is 1. The third-order valence-electron chi connectivity index (χ3n) is 2.41. The molecule has 2 rings (SSSR count). The van der Waals surface area contributed by atoms with Gasteiger partial charge in [-0.2, -0.15) is 0 Å². The zero-order valence-electron chi connectivity index (χ0n) is 11.0. The molecule has 2 aromatic rings. The predicted molar refractivity (Wildman–Crippen MR) is 79.4 cm³/mol. The lowest BCUT2D eigenvalue weighted by Gasteiger charge is -2.03. The summed E-state index contributed by atoms with van der Waals surface area (Å²) in [4.78, 5) is 4.25. The molecule has 19 heavy (non-hydrogen) atoms. The lowest BCUT2D eigenvalue weighted by Crippen LogP contribution is -2.22. The van der Waals surface area contributed by atoms with Crippen LogP contribution in [0.25, 0.3) is 0 Å². The summed E-state index contributed by atoms with van der Waals surface area (Å²) in [5.74, 6) is 0.780. The highest BCUT2D eigenvalue weighted by atomic mass is 32.1. The van der Waals surface area contributed by atoms with E-state index in [0.29, 0.717) is 18.4 Å². The summed E-state index contributed by atoms with van der Waals surface area (Å²) >= 11 is 1.58. The standard InChI is InChI=1S/C13H17N5S/c1-9(2)12-18-17-11(19-12)8-15-13(14)16-10-6-4-3-5-7-10/h3-7,9H,8H2,1-2H3,(H3,14,15,16). The number of benzene rings is 1. The largest absolute Gasteiger partial charge is 0.370 e. The van der Waals surface area contributed by atoms with Gasteiger partial charge in [-0.3, -0.25) is 0 Å². The SMILES string of the molecule is CC(C)c1nnc(CN=C(N)Nc2ccccc2)s1. The van der Waals surface area contributed by atoms with Crippen LogP contribution in [0.2, 0.25) is 0 Å². The molecule has 0 saturated heterocycles. The van der Waals surface area contributed by atoms with Gasteiger partial charge in [-0.05, 0) is 12.1 Å². The number of rotatable bonds is 4. The summed E-state index contributed by atoms with van der Waals surface area (Å²) in [7, 11) is 0. The molecule has 1 aromatic heterocycles. The van der Waals surface area contributed by atoms with Gasteiger partial charge in [0, 0.05) is 11.6 Å². The van der Waals surface area contributed by atoms with E-state index in [1.165, 1.54) is 0 Å². The van der Waals surface area contributed by atoms with Crippen molar-refractivity contribution in [2.75, 3.05) is 5.32 Å². The highest BCUT2D eigenvalue weighted by Crippen LogP contribution is 2.19. The lowest BCUT2D eigenvalue weighted by molar-refractivity contribution is 0.816. The van der Waals surface area contributed by atoms with Gasteiger partial charge < -0.3 is 11.1 Å². The molecule has 100 valence electrons. The molecular weight excluding hydrogens is 258 g/mol. The summed E-state index contributed by atoms with van der Waals surface area (Å²) in [5.41, 5.74) is 6.74. The Morgan fingerprint density at radius 3 is 2.68 bits per heavy atom. The van der Waals surface area contributed by atoms with Gasteiger partial charge in [0.15, 0.2) is 5.96 Å². The highest BCUT2D eigenvalue weighted by Gasteiger charge is 2.07. The van der Waals surface area contributed by atoms with Gasteiger partial charge in [-0.25, -0.2) is 4.99 Å². The minimum absolute atomic E-state index is 0.382. The number of hydrogen-bond acceptors (Lipinski definition) is 4. The van der Waals surface area contributed by atoms with Gasteiger partial charge in [0.25, 0.3) is 0 Å². The van der Waals surface area contributed by atoms with Crippen molar-refractivity contribution in [2.24, 2.45) is 10.7 Å². The van der Waals surface area contributed by atoms with Crippen LogP contribution in [-0.2, 0) is 6.54 Å². The fraction of sp³-hybridized carbons (Fsp3) is 0.308. The van der Waals surface area contributed by atoms with Gasteiger partial charge in [-0.15, -0.1) is 10.2 Å². The summed E-state index contributed by atoms with van der Waals surface area (Å²) < 4.78 is 0. The quantitative estimate of drug-likeness (QED) is 0.664. The smallest absolute Gasteiger partial charge is 0.193 e. The first-order valence-corrected chi connectivity index (χ1v) is 6.91. The maximum Gasteiger partial charge on any atom is 0.193 e. The summed E-state index contributed by atoms with van der Waals surface area (Å²) in [6.45, 7) is 4.65. The van der Waals surface area contributed by atoms with Crippen molar-refractivity contribution in [3.05, 3.63) is 40.3 Å². The average molecular weight is 275 g/mol. The second-order valence-corrected chi connectivity index (χ2v) is 5.47. The molecule has 0 aliphatic rings. The Balaban J connectivity index is 1.94. The van der Waals surface area contributed by atoms with Crippen LogP contribution in [0.1, 0.15) is 29.8 Å². The molecule has 0 aliphatic carbocycles. The number of nitrogens with two attached hydrogens (primary N) is 1. The van der Waals surface area contributed by atoms with Crippen LogP contribution in [0.3, 0.4) is 0 Å². The van der Waals surface area contributed by atoms with E-state index in [4.69, 9.17) is 5.73 Å². The van der Waals surface area contributed by atoms with E-state index in [1.807, 2.05) is 30.3 Å². The molecule has 0 unspecified atom stereocenters. The molecule has 6 heteroatoms. The first-order valence-electron chi connectivity index (χ1n) is 6.09. The van der Waals surface area contributed by atoms with Crippen LogP contribution in [-0.4, -0.2) is 16.2 Å². The van der Waals surface area contributed by atoms with Crippen LogP contribution in [0.15, 0.2) is 35.3 Å². The van der Waals surface area contributed by atoms with Crippen LogP contribution in [0, 0.1) is 0 Å². The zero-order chi connectivity index (χ0) is 13.7. The molecule has 1 aromatic carbocycles. The van der Waals surface area contributed by atoms with E-state index in [1.54, 1.807) is 11.3 Å². The molecular formula is C13H17N5S. The van der Waals surface area contributed by atoms with Crippen molar-refractivity contribution in [3.63, 3.8) is 0 Å². The highest BCUT2D eigenvalue weighted by molar-refractivity contribution is 7.11. The lowest BCUT2D eigenvalue weighted by atomic mass is 10.2. The van der Waals surface area contributed by atoms with E-state index in [-0.39, 0.29) is 0 Å². The number of nitrogens with one attached hydrogen (secondary N) is 1. The fourth-order valence-electron chi connectivity index (χ4n) is 1.43. The van der Waals surface area contributed by atoms with E-state index >= 15 is 0 Å². The third kappa shape index (κ3) is 4.03. The Morgan fingerprint density at radius 1 is 1.32 bits per heavy atom. The minimum Gasteiger partial charge on any atom is -0.370 e. The van der Waals surface area contributed by atoms with Crippen LogP contribution in [0.5, 0.6) is 0 Å². The monoisotopic (exact) mass is 275 g/mol. The maximum atomic E-state index is 5.82. The Morgan fingerprint density at radius 2 is 2.05 bits per heavy atom. The molecule has 0 spiro atoms. The molecule has 3 N–H and O–H groups in total. The second kappa shape index (κ2) is 6.29. The Kier molecular flexibility index (Phi) is 4.46. The van der Waals surface area contributed by atoms with Crippen molar-refractivity contribution in [2.45, 2.75) is 26.3 Å². The van der Waals surface area contributed by atoms with Crippen molar-refractivity contribution in [1.29, 1.82) is 0 Å². The van der Waals surface area contributed by atoms with Crippen molar-refractivity contribution in [1.82, 2.24) is 10.2 Å². The molecule has 0 radical (unpaired) electrons. The summed E-state index contributed by atoms with van der Waals surface area (Å²) in [6.07, 6.45) is 0. The first-order chi connectivity index (χ1) is 9.15. The average Bonchev–Trinajstić information content (AvgIpc) is 2.86. The molecule has 0 bridgehead atoms. The zero-order valence-corrected chi connectivity index (χ0v) is 11.8. The molecule has 0 saturated carbocycles. The molecule has 0 fully saturated rings. The number of nitrogens with zero attached hydrogens (tertiary/aromatic N) is 3. The normalized spacial score (nSPS) is 11.8. The molecule has 1 heterocycles. The summed E-state index contributed by atoms with van der Waals surface area (Å²) in [5, 5.41) is 13.1. The fourth-order valence-corrected chi connectivity index (χ4v) is 2.20. The van der Waals surface area contributed by atoms with Crippen LogP contribution in [0.4, 0.5) is 5.69 Å². The van der Waals surface area contributed by atoms with Crippen LogP contribution >= 0.6 is 11.3 Å². The number of anilines is 1. The van der Waals surface area contributed by atoms with Gasteiger partial charge >= 0.3 is 0 Å². The Bertz CT molecular complexity index is 547. The summed E-state index contributed by atoms with van der Waals surface area (Å²) in [6, 6.07) is 9.70. The number of guanidine groups is 1. The van der Waals surface area contributed by atoms with Crippen molar-refractivity contribution < 1.29 is 0 Å². The Labute approximate surface area is 116 Å². The Hall–Kier alpha value is -1.95. The molecule has 5 nitrogen and oxygen atoms in total. The van der Waals surface area contributed by atoms with E-state index in [2.05, 4.69) is 34.4 Å². The molecule has 0 amide bonds. The molecule has 0 atom stereocenters. The van der Waals surface area contributed by atoms with E-state index in [0.717, 1.165) is 15.7 Å².